The fourth-order valence-electron chi connectivity index (χ4n) is 1.28. The molecule has 0 aliphatic heterocycles. The van der Waals surface area contributed by atoms with Crippen LogP contribution in [0.1, 0.15) is 18.0 Å². The lowest BCUT2D eigenvalue weighted by molar-refractivity contribution is -0.139. The molecule has 0 saturated heterocycles. The van der Waals surface area contributed by atoms with Gasteiger partial charge in [0.05, 0.1) is 0 Å². The molecule has 78 valence electrons. The lowest BCUT2D eigenvalue weighted by atomic mass is 10.1. The number of terminal acetylenes is 1. The number of carbonyl (C=O) groups is 1. The van der Waals surface area contributed by atoms with Crippen LogP contribution in [0.3, 0.4) is 0 Å². The van der Waals surface area contributed by atoms with Gasteiger partial charge < -0.3 is 5.11 Å². The largest absolute Gasteiger partial charge is 0.480 e. The second-order valence-electron chi connectivity index (χ2n) is 3.09. The molecular formula is C12H13NO2. The first kappa shape index (κ1) is 11.3. The molecule has 0 heterocycles. The zero-order valence-corrected chi connectivity index (χ0v) is 8.31. The Morgan fingerprint density at radius 2 is 2.13 bits per heavy atom. The van der Waals surface area contributed by atoms with Crippen molar-refractivity contribution in [2.24, 2.45) is 0 Å². The second kappa shape index (κ2) is 5.84. The minimum Gasteiger partial charge on any atom is -0.480 e. The van der Waals surface area contributed by atoms with E-state index >= 15 is 0 Å². The fraction of sp³-hybridized carbons (Fsp3) is 0.250. The third kappa shape index (κ3) is 3.45. The van der Waals surface area contributed by atoms with Crippen LogP contribution >= 0.6 is 0 Å². The van der Waals surface area contributed by atoms with Gasteiger partial charge >= 0.3 is 5.97 Å². The molecule has 15 heavy (non-hydrogen) atoms. The molecule has 0 aromatic heterocycles. The predicted octanol–water partition coefficient (Wildman–Crippen LogP) is 1.43. The van der Waals surface area contributed by atoms with Crippen molar-refractivity contribution in [3.05, 3.63) is 35.9 Å². The Hall–Kier alpha value is -1.79. The molecule has 1 atom stereocenters. The molecule has 3 nitrogen and oxygen atoms in total. The Labute approximate surface area is 89.1 Å². The molecule has 0 saturated carbocycles. The molecule has 0 bridgehead atoms. The summed E-state index contributed by atoms with van der Waals surface area (Å²) < 4.78 is 0. The zero-order chi connectivity index (χ0) is 11.1. The summed E-state index contributed by atoms with van der Waals surface area (Å²) in [5.41, 5.74) is 0.738. The summed E-state index contributed by atoms with van der Waals surface area (Å²) in [7, 11) is 0. The molecule has 0 amide bonds. The van der Waals surface area contributed by atoms with Crippen LogP contribution in [0.5, 0.6) is 0 Å². The van der Waals surface area contributed by atoms with Gasteiger partial charge in [-0.3, -0.25) is 10.1 Å². The van der Waals surface area contributed by atoms with Crippen molar-refractivity contribution < 1.29 is 9.90 Å². The van der Waals surface area contributed by atoms with Crippen LogP contribution in [-0.4, -0.2) is 17.6 Å². The SMILES string of the molecule is C#CCCNC(C(=O)O)c1ccccc1. The maximum atomic E-state index is 11.0. The Balaban J connectivity index is 2.67. The van der Waals surface area contributed by atoms with E-state index in [9.17, 15) is 4.79 Å². The van der Waals surface area contributed by atoms with Crippen LogP contribution in [-0.2, 0) is 4.79 Å². The standard InChI is InChI=1S/C12H13NO2/c1-2-3-9-13-11(12(14)15)10-7-5-4-6-8-10/h1,4-8,11,13H,3,9H2,(H,14,15). The van der Waals surface area contributed by atoms with Gasteiger partial charge in [0.2, 0.25) is 0 Å². The Morgan fingerprint density at radius 3 is 2.67 bits per heavy atom. The molecule has 0 spiro atoms. The predicted molar refractivity (Wildman–Crippen MR) is 58.3 cm³/mol. The van der Waals surface area contributed by atoms with Gasteiger partial charge in [0.25, 0.3) is 0 Å². The van der Waals surface area contributed by atoms with E-state index in [0.29, 0.717) is 13.0 Å². The maximum Gasteiger partial charge on any atom is 0.325 e. The van der Waals surface area contributed by atoms with Crippen LogP contribution in [0, 0.1) is 12.3 Å². The van der Waals surface area contributed by atoms with E-state index in [1.54, 1.807) is 12.1 Å². The van der Waals surface area contributed by atoms with Crippen LogP contribution in [0.2, 0.25) is 0 Å². The highest BCUT2D eigenvalue weighted by Crippen LogP contribution is 2.12. The van der Waals surface area contributed by atoms with E-state index in [4.69, 9.17) is 11.5 Å². The van der Waals surface area contributed by atoms with Crippen molar-refractivity contribution in [3.63, 3.8) is 0 Å². The molecule has 0 radical (unpaired) electrons. The Bertz CT molecular complexity index is 354. The van der Waals surface area contributed by atoms with E-state index in [0.717, 1.165) is 5.56 Å². The first-order valence-electron chi connectivity index (χ1n) is 4.70. The summed E-state index contributed by atoms with van der Waals surface area (Å²) >= 11 is 0. The maximum absolute atomic E-state index is 11.0. The number of benzene rings is 1. The van der Waals surface area contributed by atoms with E-state index in [1.807, 2.05) is 18.2 Å². The number of carboxylic acids is 1. The van der Waals surface area contributed by atoms with Gasteiger partial charge in [-0.1, -0.05) is 30.3 Å². The highest BCUT2D eigenvalue weighted by Gasteiger charge is 2.17. The number of hydrogen-bond acceptors (Lipinski definition) is 2. The third-order valence-electron chi connectivity index (χ3n) is 2.00. The molecule has 1 aromatic carbocycles. The van der Waals surface area contributed by atoms with Gasteiger partial charge in [-0.2, -0.15) is 0 Å². The van der Waals surface area contributed by atoms with Crippen molar-refractivity contribution in [2.75, 3.05) is 6.54 Å². The van der Waals surface area contributed by atoms with Gasteiger partial charge in [-0.05, 0) is 5.56 Å². The van der Waals surface area contributed by atoms with Crippen LogP contribution in [0.25, 0.3) is 0 Å². The molecule has 0 aliphatic carbocycles. The number of carboxylic acid groups (broad SMARTS) is 1. The smallest absolute Gasteiger partial charge is 0.325 e. The van der Waals surface area contributed by atoms with Gasteiger partial charge in [0.1, 0.15) is 6.04 Å². The molecule has 0 fully saturated rings. The van der Waals surface area contributed by atoms with Crippen LogP contribution in [0.15, 0.2) is 30.3 Å². The minimum absolute atomic E-state index is 0.502. The Kier molecular flexibility index (Phi) is 4.39. The average Bonchev–Trinajstić information content (AvgIpc) is 2.25. The van der Waals surface area contributed by atoms with Crippen LogP contribution in [0.4, 0.5) is 0 Å². The molecule has 1 aromatic rings. The molecule has 2 N–H and O–H groups in total. The number of rotatable bonds is 5. The van der Waals surface area contributed by atoms with Crippen molar-refractivity contribution in [1.82, 2.24) is 5.32 Å². The first-order chi connectivity index (χ1) is 7.25. The second-order valence-corrected chi connectivity index (χ2v) is 3.09. The molecule has 1 unspecified atom stereocenters. The highest BCUT2D eigenvalue weighted by atomic mass is 16.4. The number of nitrogens with one attached hydrogen (secondary N) is 1. The Morgan fingerprint density at radius 1 is 1.47 bits per heavy atom. The zero-order valence-electron chi connectivity index (χ0n) is 8.31. The third-order valence-corrected chi connectivity index (χ3v) is 2.00. The topological polar surface area (TPSA) is 49.3 Å². The van der Waals surface area contributed by atoms with Crippen molar-refractivity contribution >= 4 is 5.97 Å². The van der Waals surface area contributed by atoms with Crippen molar-refractivity contribution in [1.29, 1.82) is 0 Å². The number of aliphatic carboxylic acids is 1. The van der Waals surface area contributed by atoms with Gasteiger partial charge in [-0.15, -0.1) is 12.3 Å². The minimum atomic E-state index is -0.891. The van der Waals surface area contributed by atoms with E-state index in [-0.39, 0.29) is 0 Å². The van der Waals surface area contributed by atoms with Gasteiger partial charge in [0.15, 0.2) is 0 Å². The fourth-order valence-corrected chi connectivity index (χ4v) is 1.28. The molecular weight excluding hydrogens is 190 g/mol. The number of hydrogen-bond donors (Lipinski definition) is 2. The summed E-state index contributed by atoms with van der Waals surface area (Å²) in [6.07, 6.45) is 5.62. The average molecular weight is 203 g/mol. The highest BCUT2D eigenvalue weighted by molar-refractivity contribution is 5.75. The van der Waals surface area contributed by atoms with Crippen molar-refractivity contribution in [3.8, 4) is 12.3 Å². The van der Waals surface area contributed by atoms with Gasteiger partial charge in [-0.25, -0.2) is 0 Å². The molecule has 0 aliphatic rings. The summed E-state index contributed by atoms with van der Waals surface area (Å²) in [5.74, 6) is 1.57. The summed E-state index contributed by atoms with van der Waals surface area (Å²) in [5, 5.41) is 11.9. The molecule has 1 rings (SSSR count). The van der Waals surface area contributed by atoms with Gasteiger partial charge in [0, 0.05) is 13.0 Å². The van der Waals surface area contributed by atoms with Crippen molar-refractivity contribution in [2.45, 2.75) is 12.5 Å². The quantitative estimate of drug-likeness (QED) is 0.562. The van der Waals surface area contributed by atoms with E-state index in [1.165, 1.54) is 0 Å². The monoisotopic (exact) mass is 203 g/mol. The van der Waals surface area contributed by atoms with Crippen LogP contribution < -0.4 is 5.32 Å². The van der Waals surface area contributed by atoms with E-state index < -0.39 is 12.0 Å². The summed E-state index contributed by atoms with van der Waals surface area (Å²) in [6, 6.07) is 8.36. The molecule has 3 heteroatoms. The summed E-state index contributed by atoms with van der Waals surface area (Å²) in [6.45, 7) is 0.502. The van der Waals surface area contributed by atoms with E-state index in [2.05, 4.69) is 11.2 Å². The first-order valence-corrected chi connectivity index (χ1v) is 4.70. The lowest BCUT2D eigenvalue weighted by Gasteiger charge is -2.13. The lowest BCUT2D eigenvalue weighted by Crippen LogP contribution is -2.29. The summed E-state index contributed by atoms with van der Waals surface area (Å²) in [4.78, 5) is 11.0. The normalized spacial score (nSPS) is 11.7.